The Bertz CT molecular complexity index is 318. The Morgan fingerprint density at radius 2 is 1.94 bits per heavy atom. The molecule has 0 aromatic heterocycles. The molecule has 0 amide bonds. The number of ether oxygens (including phenoxy) is 3. The smallest absolute Gasteiger partial charge is 0.434 e. The molecule has 2 aliphatic heterocycles. The van der Waals surface area contributed by atoms with E-state index < -0.39 is 11.8 Å². The van der Waals surface area contributed by atoms with Gasteiger partial charge in [-0.05, 0) is 39.0 Å². The van der Waals surface area contributed by atoms with Crippen LogP contribution >= 0.6 is 0 Å². The minimum absolute atomic E-state index is 0.243. The van der Waals surface area contributed by atoms with Crippen molar-refractivity contribution in [2.24, 2.45) is 17.8 Å². The Balaban J connectivity index is 1.78. The van der Waals surface area contributed by atoms with Crippen LogP contribution in [-0.4, -0.2) is 30.6 Å². The summed E-state index contributed by atoms with van der Waals surface area (Å²) in [6.45, 7) is 10.4. The zero-order valence-electron chi connectivity index (χ0n) is 11.9. The highest BCUT2D eigenvalue weighted by molar-refractivity contribution is 5.60. The highest BCUT2D eigenvalue weighted by Crippen LogP contribution is 2.46. The lowest BCUT2D eigenvalue weighted by Gasteiger charge is -2.28. The van der Waals surface area contributed by atoms with Crippen molar-refractivity contribution in [3.8, 4) is 0 Å². The van der Waals surface area contributed by atoms with Gasteiger partial charge in [-0.25, -0.2) is 4.79 Å². The molecule has 2 bridgehead atoms. The maximum atomic E-state index is 11.5. The van der Waals surface area contributed by atoms with Crippen molar-refractivity contribution in [1.82, 2.24) is 0 Å². The summed E-state index contributed by atoms with van der Waals surface area (Å²) in [5, 5.41) is 0. The zero-order chi connectivity index (χ0) is 13.5. The van der Waals surface area contributed by atoms with E-state index >= 15 is 0 Å². The van der Waals surface area contributed by atoms with Crippen LogP contribution in [0, 0.1) is 17.8 Å². The number of carbonyl (C=O) groups is 1. The van der Waals surface area contributed by atoms with E-state index in [2.05, 4.69) is 13.8 Å². The van der Waals surface area contributed by atoms with Crippen LogP contribution in [-0.2, 0) is 14.2 Å². The highest BCUT2D eigenvalue weighted by Gasteiger charge is 2.50. The molecule has 2 saturated heterocycles. The largest absolute Gasteiger partial charge is 0.508 e. The maximum Gasteiger partial charge on any atom is 0.508 e. The molecule has 0 radical (unpaired) electrons. The molecule has 0 aromatic carbocycles. The molecule has 2 heterocycles. The quantitative estimate of drug-likeness (QED) is 0.712. The summed E-state index contributed by atoms with van der Waals surface area (Å²) in [7, 11) is 0. The monoisotopic (exact) mass is 256 g/mol. The SMILES string of the molecule is CC1C2CC(COC(=O)OC(C)(C)C)C(O2)C1C. The first-order valence-electron chi connectivity index (χ1n) is 6.79. The van der Waals surface area contributed by atoms with E-state index in [9.17, 15) is 4.79 Å². The average molecular weight is 256 g/mol. The summed E-state index contributed by atoms with van der Waals surface area (Å²) in [5.41, 5.74) is -0.496. The minimum Gasteiger partial charge on any atom is -0.434 e. The first-order chi connectivity index (χ1) is 8.28. The fourth-order valence-corrected chi connectivity index (χ4v) is 2.95. The summed E-state index contributed by atoms with van der Waals surface area (Å²) in [4.78, 5) is 11.5. The number of carbonyl (C=O) groups excluding carboxylic acids is 1. The molecule has 5 atom stereocenters. The molecule has 104 valence electrons. The molecule has 2 aliphatic rings. The number of fused-ring (bicyclic) bond motifs is 2. The van der Waals surface area contributed by atoms with E-state index in [0.717, 1.165) is 6.42 Å². The lowest BCUT2D eigenvalue weighted by atomic mass is 9.76. The predicted octanol–water partition coefficient (Wildman–Crippen LogP) is 3.00. The predicted molar refractivity (Wildman–Crippen MR) is 67.3 cm³/mol. The molecule has 0 spiro atoms. The van der Waals surface area contributed by atoms with E-state index in [1.807, 2.05) is 20.8 Å². The van der Waals surface area contributed by atoms with Crippen LogP contribution in [0.3, 0.4) is 0 Å². The fraction of sp³-hybridized carbons (Fsp3) is 0.929. The maximum absolute atomic E-state index is 11.5. The van der Waals surface area contributed by atoms with Gasteiger partial charge in [0.2, 0.25) is 0 Å². The van der Waals surface area contributed by atoms with Gasteiger partial charge >= 0.3 is 6.16 Å². The van der Waals surface area contributed by atoms with Crippen LogP contribution < -0.4 is 0 Å². The molecular weight excluding hydrogens is 232 g/mol. The lowest BCUT2D eigenvalue weighted by molar-refractivity contribution is -0.0203. The van der Waals surface area contributed by atoms with Crippen molar-refractivity contribution in [2.75, 3.05) is 6.61 Å². The number of rotatable bonds is 2. The van der Waals surface area contributed by atoms with Gasteiger partial charge in [0.05, 0.1) is 12.2 Å². The first-order valence-corrected chi connectivity index (χ1v) is 6.79. The summed E-state index contributed by atoms with van der Waals surface area (Å²) in [6.07, 6.45) is 1.01. The van der Waals surface area contributed by atoms with Gasteiger partial charge in [0, 0.05) is 5.92 Å². The molecule has 0 aromatic rings. The second-order valence-electron chi connectivity index (χ2n) is 6.63. The van der Waals surface area contributed by atoms with E-state index in [4.69, 9.17) is 14.2 Å². The van der Waals surface area contributed by atoms with Gasteiger partial charge in [0.15, 0.2) is 0 Å². The normalized spacial score (nSPS) is 38.8. The van der Waals surface area contributed by atoms with Crippen molar-refractivity contribution < 1.29 is 19.0 Å². The topological polar surface area (TPSA) is 44.8 Å². The standard InChI is InChI=1S/C14H24O4/c1-8-9(2)12-10(6-11(8)17-12)7-16-13(15)18-14(3,4)5/h8-12H,6-7H2,1-5H3. The van der Waals surface area contributed by atoms with E-state index in [1.165, 1.54) is 0 Å². The van der Waals surface area contributed by atoms with Gasteiger partial charge in [-0.1, -0.05) is 13.8 Å². The van der Waals surface area contributed by atoms with Crippen LogP contribution in [0.15, 0.2) is 0 Å². The van der Waals surface area contributed by atoms with Gasteiger partial charge in [-0.15, -0.1) is 0 Å². The van der Waals surface area contributed by atoms with Crippen LogP contribution in [0.5, 0.6) is 0 Å². The summed E-state index contributed by atoms with van der Waals surface area (Å²) < 4.78 is 16.2. The van der Waals surface area contributed by atoms with Gasteiger partial charge in [0.1, 0.15) is 12.2 Å². The number of hydrogen-bond donors (Lipinski definition) is 0. The molecule has 18 heavy (non-hydrogen) atoms. The Morgan fingerprint density at radius 1 is 1.28 bits per heavy atom. The van der Waals surface area contributed by atoms with Gasteiger partial charge in [-0.2, -0.15) is 0 Å². The Morgan fingerprint density at radius 3 is 2.44 bits per heavy atom. The molecule has 2 rings (SSSR count). The van der Waals surface area contributed by atoms with Crippen LogP contribution in [0.2, 0.25) is 0 Å². The third-order valence-electron chi connectivity index (χ3n) is 4.07. The van der Waals surface area contributed by atoms with E-state index in [-0.39, 0.29) is 6.10 Å². The van der Waals surface area contributed by atoms with Crippen molar-refractivity contribution in [3.63, 3.8) is 0 Å². The average Bonchev–Trinajstić information content (AvgIpc) is 2.75. The fourth-order valence-electron chi connectivity index (χ4n) is 2.95. The number of hydrogen-bond acceptors (Lipinski definition) is 4. The van der Waals surface area contributed by atoms with Gasteiger partial charge in [-0.3, -0.25) is 0 Å². The zero-order valence-corrected chi connectivity index (χ0v) is 11.9. The third kappa shape index (κ3) is 2.79. The summed E-state index contributed by atoms with van der Waals surface area (Å²) in [6, 6.07) is 0. The molecule has 4 heteroatoms. The van der Waals surface area contributed by atoms with Gasteiger partial charge in [0.25, 0.3) is 0 Å². The van der Waals surface area contributed by atoms with Crippen molar-refractivity contribution in [1.29, 1.82) is 0 Å². The lowest BCUT2D eigenvalue weighted by Crippen LogP contribution is -2.34. The van der Waals surface area contributed by atoms with Crippen LogP contribution in [0.4, 0.5) is 4.79 Å². The molecule has 0 saturated carbocycles. The highest BCUT2D eigenvalue weighted by atomic mass is 16.7. The van der Waals surface area contributed by atoms with E-state index in [0.29, 0.717) is 30.5 Å². The Hall–Kier alpha value is -0.770. The Kier molecular flexibility index (Phi) is 3.58. The van der Waals surface area contributed by atoms with Crippen molar-refractivity contribution in [2.45, 2.75) is 58.8 Å². The molecule has 5 unspecified atom stereocenters. The first kappa shape index (κ1) is 13.7. The molecule has 0 N–H and O–H groups in total. The summed E-state index contributed by atoms with van der Waals surface area (Å²) in [5.74, 6) is 1.50. The molecule has 0 aliphatic carbocycles. The Labute approximate surface area is 109 Å². The summed E-state index contributed by atoms with van der Waals surface area (Å²) >= 11 is 0. The van der Waals surface area contributed by atoms with Gasteiger partial charge < -0.3 is 14.2 Å². The van der Waals surface area contributed by atoms with Crippen LogP contribution in [0.25, 0.3) is 0 Å². The second-order valence-corrected chi connectivity index (χ2v) is 6.63. The van der Waals surface area contributed by atoms with Crippen LogP contribution in [0.1, 0.15) is 41.0 Å². The minimum atomic E-state index is -0.578. The molecule has 4 nitrogen and oxygen atoms in total. The molecule has 2 fully saturated rings. The van der Waals surface area contributed by atoms with E-state index in [1.54, 1.807) is 0 Å². The van der Waals surface area contributed by atoms with Crippen molar-refractivity contribution >= 4 is 6.16 Å². The van der Waals surface area contributed by atoms with Crippen molar-refractivity contribution in [3.05, 3.63) is 0 Å². The molecular formula is C14H24O4. The third-order valence-corrected chi connectivity index (χ3v) is 4.07. The second kappa shape index (κ2) is 4.72.